The third-order valence-corrected chi connectivity index (χ3v) is 5.58. The normalized spacial score (nSPS) is 14.3. The Labute approximate surface area is 205 Å². The molecule has 0 spiro atoms. The first-order chi connectivity index (χ1) is 16.4. The fourth-order valence-corrected chi connectivity index (χ4v) is 3.53. The van der Waals surface area contributed by atoms with E-state index in [0.717, 1.165) is 0 Å². The van der Waals surface area contributed by atoms with Gasteiger partial charge in [0.2, 0.25) is 0 Å². The standard InChI is InChI=1S/C25H18Cl2N2O5/c1-2-33-22-13-15(8-11-21(22)34-25(32)16-9-10-19(26)20(27)14-16)12-18-23(30)28-29(24(18)31)17-6-4-3-5-7-17/h3-14H,2H2,1H3,(H,28,30). The predicted molar refractivity (Wildman–Crippen MR) is 129 cm³/mol. The molecule has 0 bridgehead atoms. The lowest BCUT2D eigenvalue weighted by Gasteiger charge is -2.14. The topological polar surface area (TPSA) is 84.9 Å². The Bertz CT molecular complexity index is 1310. The Morgan fingerprint density at radius 3 is 2.44 bits per heavy atom. The van der Waals surface area contributed by atoms with Gasteiger partial charge in [0, 0.05) is 0 Å². The molecule has 3 aromatic rings. The third kappa shape index (κ3) is 4.90. The van der Waals surface area contributed by atoms with Gasteiger partial charge in [0.1, 0.15) is 5.57 Å². The number of carbonyl (C=O) groups is 3. The number of halogens is 2. The number of rotatable bonds is 6. The van der Waals surface area contributed by atoms with E-state index >= 15 is 0 Å². The van der Waals surface area contributed by atoms with E-state index in [2.05, 4.69) is 5.43 Å². The second-order valence-electron chi connectivity index (χ2n) is 7.13. The monoisotopic (exact) mass is 496 g/mol. The highest BCUT2D eigenvalue weighted by Crippen LogP contribution is 2.31. The van der Waals surface area contributed by atoms with Crippen LogP contribution in [0.3, 0.4) is 0 Å². The molecule has 2 amide bonds. The number of nitrogens with zero attached hydrogens (tertiary/aromatic N) is 1. The van der Waals surface area contributed by atoms with Crippen LogP contribution in [0, 0.1) is 0 Å². The van der Waals surface area contributed by atoms with Crippen LogP contribution in [0.25, 0.3) is 6.08 Å². The molecule has 1 aliphatic rings. The molecule has 1 N–H and O–H groups in total. The number of benzene rings is 3. The minimum Gasteiger partial charge on any atom is -0.490 e. The second-order valence-corrected chi connectivity index (χ2v) is 7.95. The van der Waals surface area contributed by atoms with Crippen molar-refractivity contribution >= 4 is 52.7 Å². The number of hydrogen-bond acceptors (Lipinski definition) is 5. The van der Waals surface area contributed by atoms with Gasteiger partial charge in [0.05, 0.1) is 27.9 Å². The van der Waals surface area contributed by atoms with Gasteiger partial charge in [-0.05, 0) is 61.0 Å². The fraction of sp³-hybridized carbons (Fsp3) is 0.0800. The highest BCUT2D eigenvalue weighted by molar-refractivity contribution is 6.42. The number of para-hydroxylation sites is 1. The van der Waals surface area contributed by atoms with Crippen LogP contribution in [0.15, 0.2) is 72.3 Å². The van der Waals surface area contributed by atoms with Gasteiger partial charge < -0.3 is 9.47 Å². The van der Waals surface area contributed by atoms with Gasteiger partial charge in [-0.15, -0.1) is 0 Å². The van der Waals surface area contributed by atoms with Crippen molar-refractivity contribution in [3.63, 3.8) is 0 Å². The number of anilines is 1. The molecule has 7 nitrogen and oxygen atoms in total. The van der Waals surface area contributed by atoms with Crippen molar-refractivity contribution in [2.45, 2.75) is 6.92 Å². The molecule has 1 heterocycles. The van der Waals surface area contributed by atoms with Gasteiger partial charge in [-0.2, -0.15) is 0 Å². The first-order valence-corrected chi connectivity index (χ1v) is 11.0. The summed E-state index contributed by atoms with van der Waals surface area (Å²) >= 11 is 11.9. The average Bonchev–Trinajstić information content (AvgIpc) is 3.11. The Kier molecular flexibility index (Phi) is 6.86. The summed E-state index contributed by atoms with van der Waals surface area (Å²) in [6.07, 6.45) is 1.45. The molecule has 34 heavy (non-hydrogen) atoms. The van der Waals surface area contributed by atoms with Crippen LogP contribution in [0.4, 0.5) is 5.69 Å². The maximum atomic E-state index is 12.8. The quantitative estimate of drug-likeness (QED) is 0.223. The smallest absolute Gasteiger partial charge is 0.343 e. The zero-order chi connectivity index (χ0) is 24.2. The van der Waals surface area contributed by atoms with Crippen LogP contribution in [-0.4, -0.2) is 24.4 Å². The minimum absolute atomic E-state index is 0.0353. The van der Waals surface area contributed by atoms with Gasteiger partial charge in [-0.3, -0.25) is 15.0 Å². The number of amides is 2. The van der Waals surface area contributed by atoms with Crippen molar-refractivity contribution in [1.82, 2.24) is 5.43 Å². The van der Waals surface area contributed by atoms with Crippen molar-refractivity contribution in [3.05, 3.63) is 93.5 Å². The Morgan fingerprint density at radius 2 is 1.74 bits per heavy atom. The molecule has 1 saturated heterocycles. The van der Waals surface area contributed by atoms with Crippen molar-refractivity contribution in [2.75, 3.05) is 11.6 Å². The lowest BCUT2D eigenvalue weighted by Crippen LogP contribution is -2.35. The number of esters is 1. The molecule has 1 fully saturated rings. The van der Waals surface area contributed by atoms with Crippen LogP contribution >= 0.6 is 23.2 Å². The van der Waals surface area contributed by atoms with E-state index in [1.165, 1.54) is 35.4 Å². The summed E-state index contributed by atoms with van der Waals surface area (Å²) in [6, 6.07) is 17.9. The molecular weight excluding hydrogens is 479 g/mol. The fourth-order valence-electron chi connectivity index (χ4n) is 3.23. The number of hydrogen-bond donors (Lipinski definition) is 1. The van der Waals surface area contributed by atoms with Crippen LogP contribution in [-0.2, 0) is 9.59 Å². The molecule has 9 heteroatoms. The van der Waals surface area contributed by atoms with Crippen molar-refractivity contribution in [1.29, 1.82) is 0 Å². The first-order valence-electron chi connectivity index (χ1n) is 10.2. The number of hydrazine groups is 1. The Hall–Kier alpha value is -3.81. The Balaban J connectivity index is 1.59. The van der Waals surface area contributed by atoms with Crippen LogP contribution < -0.4 is 19.9 Å². The molecule has 0 radical (unpaired) electrons. The molecule has 172 valence electrons. The predicted octanol–water partition coefficient (Wildman–Crippen LogP) is 5.07. The zero-order valence-corrected chi connectivity index (χ0v) is 19.4. The Morgan fingerprint density at radius 1 is 0.971 bits per heavy atom. The molecule has 0 aromatic heterocycles. The summed E-state index contributed by atoms with van der Waals surface area (Å²) in [7, 11) is 0. The van der Waals surface area contributed by atoms with Crippen molar-refractivity contribution < 1.29 is 23.9 Å². The van der Waals surface area contributed by atoms with Crippen LogP contribution in [0.5, 0.6) is 11.5 Å². The molecule has 0 atom stereocenters. The van der Waals surface area contributed by atoms with E-state index in [4.69, 9.17) is 32.7 Å². The molecule has 0 unspecified atom stereocenters. The highest BCUT2D eigenvalue weighted by atomic mass is 35.5. The summed E-state index contributed by atoms with van der Waals surface area (Å²) in [6.45, 7) is 2.08. The summed E-state index contributed by atoms with van der Waals surface area (Å²) in [5.41, 5.74) is 3.80. The van der Waals surface area contributed by atoms with Gasteiger partial charge in [0.25, 0.3) is 11.8 Å². The molecule has 1 aliphatic heterocycles. The van der Waals surface area contributed by atoms with Gasteiger partial charge >= 0.3 is 5.97 Å². The third-order valence-electron chi connectivity index (χ3n) is 4.84. The summed E-state index contributed by atoms with van der Waals surface area (Å²) in [5, 5.41) is 1.74. The minimum atomic E-state index is -0.644. The SMILES string of the molecule is CCOc1cc(C=C2C(=O)NN(c3ccccc3)C2=O)ccc1OC(=O)c1ccc(Cl)c(Cl)c1. The molecule has 3 aromatic carbocycles. The van der Waals surface area contributed by atoms with Crippen molar-refractivity contribution in [2.24, 2.45) is 0 Å². The number of nitrogens with one attached hydrogen (secondary N) is 1. The van der Waals surface area contributed by atoms with E-state index in [9.17, 15) is 14.4 Å². The summed E-state index contributed by atoms with van der Waals surface area (Å²) in [4.78, 5) is 37.8. The van der Waals surface area contributed by atoms with Crippen LogP contribution in [0.1, 0.15) is 22.8 Å². The lowest BCUT2D eigenvalue weighted by molar-refractivity contribution is -0.117. The van der Waals surface area contributed by atoms with Crippen molar-refractivity contribution in [3.8, 4) is 11.5 Å². The largest absolute Gasteiger partial charge is 0.490 e. The lowest BCUT2D eigenvalue weighted by atomic mass is 10.1. The number of carbonyl (C=O) groups excluding carboxylic acids is 3. The summed E-state index contributed by atoms with van der Waals surface area (Å²) in [5.74, 6) is -1.20. The second kappa shape index (κ2) is 9.99. The molecule has 4 rings (SSSR count). The van der Waals surface area contributed by atoms with Gasteiger partial charge in [0.15, 0.2) is 11.5 Å². The van der Waals surface area contributed by atoms with E-state index < -0.39 is 17.8 Å². The number of ether oxygens (including phenoxy) is 2. The van der Waals surface area contributed by atoms with Crippen LogP contribution in [0.2, 0.25) is 10.0 Å². The maximum absolute atomic E-state index is 12.8. The van der Waals surface area contributed by atoms with Gasteiger partial charge in [-0.25, -0.2) is 9.80 Å². The first kappa shape index (κ1) is 23.4. The summed E-state index contributed by atoms with van der Waals surface area (Å²) < 4.78 is 11.1. The van der Waals surface area contributed by atoms with E-state index in [1.54, 1.807) is 43.3 Å². The van der Waals surface area contributed by atoms with E-state index in [0.29, 0.717) is 22.9 Å². The van der Waals surface area contributed by atoms with E-state index in [1.807, 2.05) is 6.07 Å². The molecule has 0 aliphatic carbocycles. The van der Waals surface area contributed by atoms with Gasteiger partial charge in [-0.1, -0.05) is 47.5 Å². The molecule has 0 saturated carbocycles. The average molecular weight is 497 g/mol. The zero-order valence-electron chi connectivity index (χ0n) is 17.9. The maximum Gasteiger partial charge on any atom is 0.343 e. The molecular formula is C25H18Cl2N2O5. The van der Waals surface area contributed by atoms with E-state index in [-0.39, 0.29) is 27.7 Å². The highest BCUT2D eigenvalue weighted by Gasteiger charge is 2.34.